The Kier molecular flexibility index (Phi) is 4.77. The molecule has 19 heavy (non-hydrogen) atoms. The summed E-state index contributed by atoms with van der Waals surface area (Å²) in [6, 6.07) is 11.6. The first kappa shape index (κ1) is 14.7. The number of rotatable bonds is 3. The van der Waals surface area contributed by atoms with Crippen molar-refractivity contribution in [2.75, 3.05) is 7.11 Å². The number of benzene rings is 2. The second kappa shape index (κ2) is 6.17. The number of aryl methyl sites for hydroxylation is 1. The summed E-state index contributed by atoms with van der Waals surface area (Å²) in [5.41, 5.74) is 3.07. The van der Waals surface area contributed by atoms with Crippen molar-refractivity contribution in [3.8, 4) is 5.75 Å². The van der Waals surface area contributed by atoms with Crippen LogP contribution in [0.5, 0.6) is 5.75 Å². The fourth-order valence-electron chi connectivity index (χ4n) is 1.93. The molecular weight excluding hydrogens is 347 g/mol. The van der Waals surface area contributed by atoms with E-state index in [-0.39, 0.29) is 5.38 Å². The fourth-order valence-corrected chi connectivity index (χ4v) is 3.26. The molecule has 0 aromatic heterocycles. The van der Waals surface area contributed by atoms with Gasteiger partial charge < -0.3 is 4.74 Å². The number of halogens is 3. The summed E-state index contributed by atoms with van der Waals surface area (Å²) in [6.45, 7) is 2.00. The highest BCUT2D eigenvalue weighted by atomic mass is 79.9. The first-order valence-electron chi connectivity index (χ1n) is 5.76. The molecule has 2 aromatic rings. The van der Waals surface area contributed by atoms with Crippen molar-refractivity contribution in [2.24, 2.45) is 0 Å². The van der Waals surface area contributed by atoms with Gasteiger partial charge in [-0.1, -0.05) is 39.7 Å². The van der Waals surface area contributed by atoms with E-state index in [9.17, 15) is 0 Å². The average Bonchev–Trinajstić information content (AvgIpc) is 2.36. The van der Waals surface area contributed by atoms with Gasteiger partial charge in [0.1, 0.15) is 5.75 Å². The number of hydrogen-bond acceptors (Lipinski definition) is 1. The maximum Gasteiger partial charge on any atom is 0.120 e. The first-order valence-corrected chi connectivity index (χ1v) is 7.36. The van der Waals surface area contributed by atoms with Crippen molar-refractivity contribution in [1.82, 2.24) is 0 Å². The zero-order valence-electron chi connectivity index (χ0n) is 10.6. The van der Waals surface area contributed by atoms with Gasteiger partial charge in [-0.25, -0.2) is 0 Å². The van der Waals surface area contributed by atoms with E-state index in [1.807, 2.05) is 43.3 Å². The monoisotopic (exact) mass is 358 g/mol. The van der Waals surface area contributed by atoms with Gasteiger partial charge in [0.2, 0.25) is 0 Å². The minimum Gasteiger partial charge on any atom is -0.497 e. The third-order valence-corrected chi connectivity index (χ3v) is 4.23. The average molecular weight is 360 g/mol. The molecule has 0 radical (unpaired) electrons. The molecule has 1 unspecified atom stereocenters. The van der Waals surface area contributed by atoms with Gasteiger partial charge in [0.05, 0.1) is 12.5 Å². The van der Waals surface area contributed by atoms with Crippen LogP contribution < -0.4 is 4.74 Å². The Morgan fingerprint density at radius 1 is 1.16 bits per heavy atom. The van der Waals surface area contributed by atoms with E-state index < -0.39 is 0 Å². The van der Waals surface area contributed by atoms with Gasteiger partial charge in [-0.3, -0.25) is 0 Å². The predicted molar refractivity (Wildman–Crippen MR) is 84.6 cm³/mol. The third kappa shape index (κ3) is 3.44. The van der Waals surface area contributed by atoms with Crippen molar-refractivity contribution >= 4 is 39.1 Å². The number of methoxy groups -OCH3 is 1. The van der Waals surface area contributed by atoms with Gasteiger partial charge >= 0.3 is 0 Å². The van der Waals surface area contributed by atoms with Crippen LogP contribution in [-0.2, 0) is 0 Å². The maximum atomic E-state index is 6.55. The molecule has 100 valence electrons. The Morgan fingerprint density at radius 2 is 1.89 bits per heavy atom. The highest BCUT2D eigenvalue weighted by molar-refractivity contribution is 9.10. The van der Waals surface area contributed by atoms with E-state index >= 15 is 0 Å². The smallest absolute Gasteiger partial charge is 0.120 e. The maximum absolute atomic E-state index is 6.55. The lowest BCUT2D eigenvalue weighted by Crippen LogP contribution is -1.96. The van der Waals surface area contributed by atoms with E-state index in [0.717, 1.165) is 26.9 Å². The van der Waals surface area contributed by atoms with E-state index in [0.29, 0.717) is 5.02 Å². The quantitative estimate of drug-likeness (QED) is 0.634. The molecule has 2 aromatic carbocycles. The second-order valence-electron chi connectivity index (χ2n) is 4.31. The van der Waals surface area contributed by atoms with Crippen molar-refractivity contribution in [3.05, 3.63) is 62.6 Å². The van der Waals surface area contributed by atoms with E-state index in [4.69, 9.17) is 27.9 Å². The van der Waals surface area contributed by atoms with E-state index in [1.54, 1.807) is 7.11 Å². The number of alkyl halides is 1. The van der Waals surface area contributed by atoms with Crippen LogP contribution in [0.1, 0.15) is 22.1 Å². The summed E-state index contributed by atoms with van der Waals surface area (Å²) in [4.78, 5) is 0. The molecule has 0 heterocycles. The van der Waals surface area contributed by atoms with Crippen LogP contribution in [-0.4, -0.2) is 7.11 Å². The van der Waals surface area contributed by atoms with Crippen molar-refractivity contribution in [3.63, 3.8) is 0 Å². The van der Waals surface area contributed by atoms with Crippen LogP contribution >= 0.6 is 39.1 Å². The molecule has 0 saturated heterocycles. The summed E-state index contributed by atoms with van der Waals surface area (Å²) in [7, 11) is 1.64. The fraction of sp³-hybridized carbons (Fsp3) is 0.200. The largest absolute Gasteiger partial charge is 0.497 e. The summed E-state index contributed by atoms with van der Waals surface area (Å²) in [6.07, 6.45) is 0. The van der Waals surface area contributed by atoms with Crippen LogP contribution in [0.2, 0.25) is 5.02 Å². The van der Waals surface area contributed by atoms with Crippen LogP contribution in [0.4, 0.5) is 0 Å². The van der Waals surface area contributed by atoms with Gasteiger partial charge in [0, 0.05) is 9.50 Å². The number of ether oxygens (including phenoxy) is 1. The summed E-state index contributed by atoms with van der Waals surface area (Å²) in [5, 5.41) is 0.447. The second-order valence-corrected chi connectivity index (χ2v) is 6.04. The molecule has 2 rings (SSSR count). The Morgan fingerprint density at radius 3 is 2.47 bits per heavy atom. The molecule has 4 heteroatoms. The molecule has 0 amide bonds. The van der Waals surface area contributed by atoms with Gasteiger partial charge in [-0.2, -0.15) is 0 Å². The Balaban J connectivity index is 2.40. The zero-order valence-corrected chi connectivity index (χ0v) is 13.7. The molecule has 0 aliphatic rings. The van der Waals surface area contributed by atoms with Crippen LogP contribution in [0.15, 0.2) is 40.9 Å². The Hall–Kier alpha value is -0.700. The van der Waals surface area contributed by atoms with Crippen LogP contribution in [0.3, 0.4) is 0 Å². The highest BCUT2D eigenvalue weighted by Crippen LogP contribution is 2.36. The molecule has 0 saturated carbocycles. The molecule has 0 aliphatic carbocycles. The van der Waals surface area contributed by atoms with Gasteiger partial charge in [-0.05, 0) is 47.9 Å². The van der Waals surface area contributed by atoms with Gasteiger partial charge in [0.15, 0.2) is 0 Å². The van der Waals surface area contributed by atoms with Crippen LogP contribution in [0, 0.1) is 6.92 Å². The third-order valence-electron chi connectivity index (χ3n) is 2.84. The van der Waals surface area contributed by atoms with E-state index in [2.05, 4.69) is 15.9 Å². The van der Waals surface area contributed by atoms with Crippen molar-refractivity contribution in [2.45, 2.75) is 12.3 Å². The lowest BCUT2D eigenvalue weighted by Gasteiger charge is -2.14. The molecule has 0 spiro atoms. The first-order chi connectivity index (χ1) is 9.01. The topological polar surface area (TPSA) is 9.23 Å². The van der Waals surface area contributed by atoms with Gasteiger partial charge in [0.25, 0.3) is 0 Å². The highest BCUT2D eigenvalue weighted by Gasteiger charge is 2.15. The Bertz CT molecular complexity index is 578. The molecule has 0 aliphatic heterocycles. The van der Waals surface area contributed by atoms with Crippen LogP contribution in [0.25, 0.3) is 0 Å². The molecule has 1 nitrogen and oxygen atoms in total. The molecule has 0 bridgehead atoms. The standard InChI is InChI=1S/C15H13BrCl2O/c1-9-5-10(7-11(17)6-9)15(18)13-4-3-12(19-2)8-14(13)16/h3-8,15H,1-2H3. The Labute approximate surface area is 131 Å². The number of hydrogen-bond donors (Lipinski definition) is 0. The molecular formula is C15H13BrCl2O. The SMILES string of the molecule is COc1ccc(C(Cl)c2cc(C)cc(Cl)c2)c(Br)c1. The molecule has 0 N–H and O–H groups in total. The normalized spacial score (nSPS) is 12.3. The lowest BCUT2D eigenvalue weighted by molar-refractivity contribution is 0.414. The zero-order chi connectivity index (χ0) is 14.0. The summed E-state index contributed by atoms with van der Waals surface area (Å²) >= 11 is 16.2. The lowest BCUT2D eigenvalue weighted by atomic mass is 10.0. The molecule has 1 atom stereocenters. The minimum absolute atomic E-state index is 0.252. The van der Waals surface area contributed by atoms with Gasteiger partial charge in [-0.15, -0.1) is 11.6 Å². The van der Waals surface area contributed by atoms with Crippen molar-refractivity contribution in [1.29, 1.82) is 0 Å². The predicted octanol–water partition coefficient (Wildman–Crippen LogP) is 5.75. The summed E-state index contributed by atoms with van der Waals surface area (Å²) < 4.78 is 6.10. The minimum atomic E-state index is -0.252. The van der Waals surface area contributed by atoms with E-state index in [1.165, 1.54) is 0 Å². The molecule has 0 fully saturated rings. The van der Waals surface area contributed by atoms with Crippen molar-refractivity contribution < 1.29 is 4.74 Å². The summed E-state index contributed by atoms with van der Waals surface area (Å²) in [5.74, 6) is 0.793.